The molecular weight excluding hydrogens is 310 g/mol. The summed E-state index contributed by atoms with van der Waals surface area (Å²) < 4.78 is 16.0. The first-order valence-electron chi connectivity index (χ1n) is 8.13. The normalized spacial score (nSPS) is 20.6. The SMILES string of the molecule is Cc1cc(C)cc(OCC(=O)OCC(=O)N2CC(C)OC(C)C2)c1. The van der Waals surface area contributed by atoms with Crippen molar-refractivity contribution < 1.29 is 23.8 Å². The lowest BCUT2D eigenvalue weighted by molar-refractivity contribution is -0.158. The van der Waals surface area contributed by atoms with Crippen molar-refractivity contribution in [3.8, 4) is 5.75 Å². The van der Waals surface area contributed by atoms with Crippen LogP contribution in [0.4, 0.5) is 0 Å². The molecule has 1 fully saturated rings. The highest BCUT2D eigenvalue weighted by Crippen LogP contribution is 2.16. The molecule has 1 saturated heterocycles. The zero-order chi connectivity index (χ0) is 17.7. The van der Waals surface area contributed by atoms with Crippen LogP contribution in [0.5, 0.6) is 5.75 Å². The van der Waals surface area contributed by atoms with Crippen LogP contribution >= 0.6 is 0 Å². The van der Waals surface area contributed by atoms with E-state index in [4.69, 9.17) is 14.2 Å². The molecule has 1 aliphatic heterocycles. The van der Waals surface area contributed by atoms with E-state index in [9.17, 15) is 9.59 Å². The van der Waals surface area contributed by atoms with Crippen LogP contribution in [0.2, 0.25) is 0 Å². The maximum Gasteiger partial charge on any atom is 0.344 e. The Kier molecular flexibility index (Phi) is 6.20. The van der Waals surface area contributed by atoms with Crippen molar-refractivity contribution in [3.63, 3.8) is 0 Å². The number of morpholine rings is 1. The van der Waals surface area contributed by atoms with Gasteiger partial charge in [0.05, 0.1) is 12.2 Å². The van der Waals surface area contributed by atoms with Crippen molar-refractivity contribution in [2.45, 2.75) is 39.9 Å². The molecule has 1 aromatic rings. The fourth-order valence-corrected chi connectivity index (χ4v) is 2.82. The molecule has 0 spiro atoms. The van der Waals surface area contributed by atoms with Gasteiger partial charge in [0.25, 0.3) is 5.91 Å². The monoisotopic (exact) mass is 335 g/mol. The number of nitrogens with zero attached hydrogens (tertiary/aromatic N) is 1. The van der Waals surface area contributed by atoms with E-state index >= 15 is 0 Å². The van der Waals surface area contributed by atoms with Crippen LogP contribution in [0.3, 0.4) is 0 Å². The van der Waals surface area contributed by atoms with Gasteiger partial charge in [-0.05, 0) is 51.0 Å². The summed E-state index contributed by atoms with van der Waals surface area (Å²) >= 11 is 0. The van der Waals surface area contributed by atoms with Crippen molar-refractivity contribution in [3.05, 3.63) is 29.3 Å². The number of carbonyl (C=O) groups excluding carboxylic acids is 2. The van der Waals surface area contributed by atoms with E-state index in [0.717, 1.165) is 11.1 Å². The van der Waals surface area contributed by atoms with Crippen LogP contribution in [-0.2, 0) is 19.1 Å². The average molecular weight is 335 g/mol. The summed E-state index contributed by atoms with van der Waals surface area (Å²) in [6.07, 6.45) is -0.0254. The Hall–Kier alpha value is -2.08. The Morgan fingerprint density at radius 1 is 1.08 bits per heavy atom. The van der Waals surface area contributed by atoms with E-state index in [0.29, 0.717) is 18.8 Å². The predicted octanol–water partition coefficient (Wildman–Crippen LogP) is 1.86. The van der Waals surface area contributed by atoms with Gasteiger partial charge in [0.2, 0.25) is 0 Å². The van der Waals surface area contributed by atoms with Crippen molar-refractivity contribution in [2.24, 2.45) is 0 Å². The van der Waals surface area contributed by atoms with Gasteiger partial charge in [-0.3, -0.25) is 4.79 Å². The van der Waals surface area contributed by atoms with E-state index in [1.807, 2.05) is 45.9 Å². The van der Waals surface area contributed by atoms with Crippen molar-refractivity contribution >= 4 is 11.9 Å². The van der Waals surface area contributed by atoms with Crippen LogP contribution in [0.25, 0.3) is 0 Å². The van der Waals surface area contributed by atoms with Gasteiger partial charge in [0.1, 0.15) is 5.75 Å². The zero-order valence-electron chi connectivity index (χ0n) is 14.7. The summed E-state index contributed by atoms with van der Waals surface area (Å²) in [5, 5.41) is 0. The number of ether oxygens (including phenoxy) is 3. The molecule has 2 atom stereocenters. The Labute approximate surface area is 142 Å². The minimum Gasteiger partial charge on any atom is -0.482 e. The first kappa shape index (κ1) is 18.3. The highest BCUT2D eigenvalue weighted by atomic mass is 16.6. The molecule has 1 aliphatic rings. The van der Waals surface area contributed by atoms with Crippen molar-refractivity contribution in [2.75, 3.05) is 26.3 Å². The van der Waals surface area contributed by atoms with Gasteiger partial charge >= 0.3 is 5.97 Å². The van der Waals surface area contributed by atoms with Gasteiger partial charge in [0.15, 0.2) is 13.2 Å². The second kappa shape index (κ2) is 8.15. The molecule has 0 bridgehead atoms. The summed E-state index contributed by atoms with van der Waals surface area (Å²) in [5.41, 5.74) is 2.12. The van der Waals surface area contributed by atoms with E-state index in [2.05, 4.69) is 0 Å². The molecule has 2 unspecified atom stereocenters. The lowest BCUT2D eigenvalue weighted by Gasteiger charge is -2.35. The summed E-state index contributed by atoms with van der Waals surface area (Å²) in [5.74, 6) is -0.153. The maximum absolute atomic E-state index is 12.1. The first-order chi connectivity index (χ1) is 11.3. The molecule has 0 aromatic heterocycles. The van der Waals surface area contributed by atoms with E-state index in [-0.39, 0.29) is 31.3 Å². The number of hydrogen-bond acceptors (Lipinski definition) is 5. The summed E-state index contributed by atoms with van der Waals surface area (Å²) in [6, 6.07) is 5.72. The van der Waals surface area contributed by atoms with Crippen LogP contribution in [0.1, 0.15) is 25.0 Å². The molecule has 2 rings (SSSR count). The summed E-state index contributed by atoms with van der Waals surface area (Å²) in [6.45, 7) is 8.29. The molecule has 1 aromatic carbocycles. The molecule has 6 heteroatoms. The summed E-state index contributed by atoms with van der Waals surface area (Å²) in [7, 11) is 0. The van der Waals surface area contributed by atoms with E-state index in [1.165, 1.54) is 0 Å². The van der Waals surface area contributed by atoms with Gasteiger partial charge in [0, 0.05) is 13.1 Å². The van der Waals surface area contributed by atoms with Gasteiger partial charge in [-0.2, -0.15) is 0 Å². The van der Waals surface area contributed by atoms with Crippen LogP contribution in [0.15, 0.2) is 18.2 Å². The third-order valence-electron chi connectivity index (χ3n) is 3.68. The second-order valence-electron chi connectivity index (χ2n) is 6.33. The highest BCUT2D eigenvalue weighted by molar-refractivity contribution is 5.81. The Balaban J connectivity index is 1.75. The largest absolute Gasteiger partial charge is 0.482 e. The van der Waals surface area contributed by atoms with Crippen LogP contribution in [-0.4, -0.2) is 55.3 Å². The second-order valence-corrected chi connectivity index (χ2v) is 6.33. The minimum atomic E-state index is -0.558. The lowest BCUT2D eigenvalue weighted by Crippen LogP contribution is -2.49. The highest BCUT2D eigenvalue weighted by Gasteiger charge is 2.26. The minimum absolute atomic E-state index is 0.0127. The first-order valence-corrected chi connectivity index (χ1v) is 8.13. The maximum atomic E-state index is 12.1. The molecule has 0 N–H and O–H groups in total. The topological polar surface area (TPSA) is 65.1 Å². The Morgan fingerprint density at radius 2 is 1.67 bits per heavy atom. The van der Waals surface area contributed by atoms with Gasteiger partial charge in [-0.15, -0.1) is 0 Å². The van der Waals surface area contributed by atoms with Gasteiger partial charge < -0.3 is 19.1 Å². The standard InChI is InChI=1S/C18H25NO5/c1-12-5-13(2)7-16(6-12)22-11-18(21)23-10-17(20)19-8-14(3)24-15(4)9-19/h5-7,14-15H,8-11H2,1-4H3. The number of esters is 1. The summed E-state index contributed by atoms with van der Waals surface area (Å²) in [4.78, 5) is 25.5. The predicted molar refractivity (Wildman–Crippen MR) is 89.0 cm³/mol. The van der Waals surface area contributed by atoms with E-state index in [1.54, 1.807) is 4.90 Å². The number of benzene rings is 1. The van der Waals surface area contributed by atoms with Gasteiger partial charge in [-0.1, -0.05) is 6.07 Å². The number of aryl methyl sites for hydroxylation is 2. The number of rotatable bonds is 5. The average Bonchev–Trinajstić information content (AvgIpc) is 2.48. The lowest BCUT2D eigenvalue weighted by atomic mass is 10.1. The van der Waals surface area contributed by atoms with Crippen molar-refractivity contribution in [1.82, 2.24) is 4.90 Å². The molecule has 0 saturated carbocycles. The van der Waals surface area contributed by atoms with Crippen LogP contribution in [0, 0.1) is 13.8 Å². The Morgan fingerprint density at radius 3 is 2.25 bits per heavy atom. The molecule has 0 radical (unpaired) electrons. The molecule has 1 amide bonds. The molecule has 24 heavy (non-hydrogen) atoms. The zero-order valence-corrected chi connectivity index (χ0v) is 14.7. The smallest absolute Gasteiger partial charge is 0.344 e. The van der Waals surface area contributed by atoms with Gasteiger partial charge in [-0.25, -0.2) is 4.79 Å². The third kappa shape index (κ3) is 5.53. The molecular formula is C18H25NO5. The number of hydrogen-bond donors (Lipinski definition) is 0. The Bertz CT molecular complexity index is 571. The fourth-order valence-electron chi connectivity index (χ4n) is 2.82. The van der Waals surface area contributed by atoms with Crippen molar-refractivity contribution in [1.29, 1.82) is 0 Å². The third-order valence-corrected chi connectivity index (χ3v) is 3.68. The van der Waals surface area contributed by atoms with Crippen LogP contribution < -0.4 is 4.74 Å². The molecule has 0 aliphatic carbocycles. The quantitative estimate of drug-likeness (QED) is 0.769. The number of amides is 1. The fraction of sp³-hybridized carbons (Fsp3) is 0.556. The van der Waals surface area contributed by atoms with E-state index < -0.39 is 5.97 Å². The molecule has 6 nitrogen and oxygen atoms in total. The molecule has 132 valence electrons. The number of carbonyl (C=O) groups is 2. The molecule has 1 heterocycles.